The Bertz CT molecular complexity index is 1230. The predicted molar refractivity (Wildman–Crippen MR) is 188 cm³/mol. The van der Waals surface area contributed by atoms with Gasteiger partial charge in [0.05, 0.1) is 0 Å². The maximum atomic E-state index is 5.76. The molecule has 40 heavy (non-hydrogen) atoms. The molecule has 0 unspecified atom stereocenters. The van der Waals surface area contributed by atoms with Gasteiger partial charge in [0.1, 0.15) is 30.5 Å². The number of benzene rings is 2. The number of nitrogens with zero attached hydrogens (tertiary/aromatic N) is 2. The number of aryl methyl sites for hydroxylation is 1. The van der Waals surface area contributed by atoms with Gasteiger partial charge in [-0.2, -0.15) is 0 Å². The van der Waals surface area contributed by atoms with Gasteiger partial charge < -0.3 is 14.9 Å². The van der Waals surface area contributed by atoms with E-state index in [-0.39, 0.29) is 13.8 Å². The van der Waals surface area contributed by atoms with Crippen molar-refractivity contribution in [2.24, 2.45) is 5.84 Å². The van der Waals surface area contributed by atoms with Crippen LogP contribution in [0.5, 0.6) is 11.5 Å². The number of rotatable bonds is 7. The molecular weight excluding hydrogens is 884 g/mol. The fraction of sp³-hybridized carbons (Fsp3) is 0.214. The first kappa shape index (κ1) is 38.5. The summed E-state index contributed by atoms with van der Waals surface area (Å²) < 4.78 is 11.5. The van der Waals surface area contributed by atoms with Gasteiger partial charge in [0, 0.05) is 30.6 Å². The van der Waals surface area contributed by atoms with Crippen molar-refractivity contribution in [2.45, 2.75) is 41.4 Å². The second kappa shape index (κ2) is 23.1. The molecule has 0 amide bonds. The van der Waals surface area contributed by atoms with Crippen molar-refractivity contribution in [2.75, 3.05) is 5.43 Å². The number of hydrogen-bond donors (Lipinski definition) is 4. The fourth-order valence-corrected chi connectivity index (χ4v) is 3.06. The third-order valence-corrected chi connectivity index (χ3v) is 5.17. The number of halogens is 3. The molecule has 12 heteroatoms. The molecule has 0 aliphatic carbocycles. The number of pyridine rings is 2. The van der Waals surface area contributed by atoms with Crippen LogP contribution >= 0.6 is 59.9 Å². The zero-order valence-corrected chi connectivity index (χ0v) is 29.7. The maximum absolute atomic E-state index is 5.76. The van der Waals surface area contributed by atoms with Crippen molar-refractivity contribution in [1.82, 2.24) is 9.97 Å². The van der Waals surface area contributed by atoms with Crippen molar-refractivity contribution in [3.63, 3.8) is 0 Å². The van der Waals surface area contributed by atoms with Crippen LogP contribution in [0.15, 0.2) is 85.2 Å². The molecule has 0 saturated heterocycles. The monoisotopic (exact) mass is 922 g/mol. The summed E-state index contributed by atoms with van der Waals surface area (Å²) in [5.41, 5.74) is 17.9. The van der Waals surface area contributed by atoms with E-state index in [4.69, 9.17) is 26.4 Å². The Morgan fingerprint density at radius 2 is 1.15 bits per heavy atom. The molecule has 0 fully saturated rings. The SMILES string of the molecule is C.Cc1c(OCc2ccccc2)ccnc1NN.Cc1nccc(OCc2ccccc2)c1C.N=N.[HH].[I][V]([I])[I]. The molecule has 4 rings (SSSR count). The van der Waals surface area contributed by atoms with Gasteiger partial charge in [0.15, 0.2) is 0 Å². The predicted octanol–water partition coefficient (Wildman–Crippen LogP) is 9.66. The van der Waals surface area contributed by atoms with E-state index in [1.54, 1.807) is 12.4 Å². The average Bonchev–Trinajstić information content (AvgIpc) is 2.95. The van der Waals surface area contributed by atoms with Gasteiger partial charge in [-0.25, -0.2) is 21.9 Å². The summed E-state index contributed by atoms with van der Waals surface area (Å²) >= 11 is 7.39. The number of aromatic nitrogens is 2. The van der Waals surface area contributed by atoms with Crippen LogP contribution < -0.4 is 20.7 Å². The molecule has 2 aromatic heterocycles. The summed E-state index contributed by atoms with van der Waals surface area (Å²) in [5.74, 6) is 7.70. The second-order valence-corrected chi connectivity index (χ2v) is 43.1. The van der Waals surface area contributed by atoms with Gasteiger partial charge in [-0.1, -0.05) is 68.1 Å². The molecule has 0 aliphatic heterocycles. The summed E-state index contributed by atoms with van der Waals surface area (Å²) in [5, 5.41) is 0. The van der Waals surface area contributed by atoms with Crippen LogP contribution in [0.3, 0.4) is 0 Å². The van der Waals surface area contributed by atoms with Gasteiger partial charge in [-0.15, -0.1) is 0 Å². The summed E-state index contributed by atoms with van der Waals surface area (Å²) in [4.78, 5) is 8.03. The zero-order chi connectivity index (χ0) is 29.0. The van der Waals surface area contributed by atoms with E-state index >= 15 is 0 Å². The normalized spacial score (nSPS) is 9.30. The minimum absolute atomic E-state index is 0. The van der Waals surface area contributed by atoms with Crippen LogP contribution in [-0.4, -0.2) is 9.97 Å². The quantitative estimate of drug-likeness (QED) is 0.0633. The molecule has 4 aromatic rings. The summed E-state index contributed by atoms with van der Waals surface area (Å²) in [6, 6.07) is 23.9. The number of ether oxygens (including phenoxy) is 2. The number of nitrogens with one attached hydrogen (secondary N) is 3. The van der Waals surface area contributed by atoms with E-state index in [0.29, 0.717) is 19.0 Å². The Morgan fingerprint density at radius 1 is 0.750 bits per heavy atom. The van der Waals surface area contributed by atoms with Crippen LogP contribution in [0.2, 0.25) is 0 Å². The molecule has 2 aromatic carbocycles. The van der Waals surface area contributed by atoms with Gasteiger partial charge in [0.25, 0.3) is 0 Å². The van der Waals surface area contributed by atoms with Gasteiger partial charge >= 0.3 is 64.9 Å². The Kier molecular flexibility index (Phi) is 22.2. The Labute approximate surface area is 277 Å². The fourth-order valence-electron chi connectivity index (χ4n) is 3.06. The second-order valence-electron chi connectivity index (χ2n) is 7.69. The molecule has 0 spiro atoms. The molecule has 0 radical (unpaired) electrons. The van der Waals surface area contributed by atoms with Crippen LogP contribution in [-0.2, 0) is 18.1 Å². The third-order valence-electron chi connectivity index (χ3n) is 5.17. The molecular formula is C28H38I3N6O2V. The molecule has 0 atom stereocenters. The number of hydrogen-bond acceptors (Lipinski definition) is 8. The van der Waals surface area contributed by atoms with Crippen molar-refractivity contribution >= 4 is 65.8 Å². The Balaban J connectivity index is 0. The molecule has 0 saturated carbocycles. The van der Waals surface area contributed by atoms with Crippen molar-refractivity contribution < 1.29 is 15.8 Å². The van der Waals surface area contributed by atoms with E-state index in [1.807, 2.05) is 81.4 Å². The zero-order valence-electron chi connectivity index (χ0n) is 21.9. The Hall–Kier alpha value is -1.53. The summed E-state index contributed by atoms with van der Waals surface area (Å²) in [6.07, 6.45) is 3.45. The molecule has 2 heterocycles. The van der Waals surface area contributed by atoms with Crippen LogP contribution in [0.25, 0.3) is 0 Å². The number of nitrogen functional groups attached to an aromatic ring is 1. The molecule has 0 aliphatic rings. The van der Waals surface area contributed by atoms with Crippen molar-refractivity contribution in [3.8, 4) is 11.5 Å². The molecule has 0 bridgehead atoms. The van der Waals surface area contributed by atoms with Crippen molar-refractivity contribution in [3.05, 3.63) is 113 Å². The number of anilines is 1. The van der Waals surface area contributed by atoms with E-state index in [0.717, 1.165) is 33.9 Å². The van der Waals surface area contributed by atoms with Crippen LogP contribution in [0, 0.1) is 31.8 Å². The van der Waals surface area contributed by atoms with Crippen LogP contribution in [0.4, 0.5) is 5.82 Å². The van der Waals surface area contributed by atoms with E-state index in [2.05, 4.69) is 87.5 Å². The van der Waals surface area contributed by atoms with E-state index in [9.17, 15) is 0 Å². The minimum atomic E-state index is -0.278. The average molecular weight is 922 g/mol. The topological polar surface area (TPSA) is 130 Å². The first-order valence-corrected chi connectivity index (χ1v) is 25.0. The van der Waals surface area contributed by atoms with E-state index < -0.39 is 0 Å². The summed E-state index contributed by atoms with van der Waals surface area (Å²) in [7, 11) is 0. The standard InChI is InChI=1S/C14H15NO.C13H15N3O.CH4.3HI.H2N2.V.H2/c1-11-12(2)15-9-8-14(11)16-10-13-6-4-3-5-7-13;1-10-12(7-8-15-13(10)16-14)17-9-11-5-3-2-4-6-11;;;;;1-2;;/h3-9H,10H2,1-2H3;2-8H,9,14H2,1H3,(H,15,16);1H4;3*1H;1-2H;;1H/q;;;;;;;+3;/p-3. The Morgan fingerprint density at radius 3 is 1.57 bits per heavy atom. The first-order valence-electron chi connectivity index (χ1n) is 11.5. The first-order chi connectivity index (χ1) is 18.8. The van der Waals surface area contributed by atoms with E-state index in [1.165, 1.54) is 5.56 Å². The summed E-state index contributed by atoms with van der Waals surface area (Å²) in [6.45, 7) is 7.08. The van der Waals surface area contributed by atoms with Crippen LogP contribution in [0.1, 0.15) is 36.8 Å². The van der Waals surface area contributed by atoms with Gasteiger partial charge in [-0.3, -0.25) is 4.98 Å². The molecule has 8 nitrogen and oxygen atoms in total. The molecule has 5 N–H and O–H groups in total. The molecule has 218 valence electrons. The number of nitrogens with two attached hydrogens (primary N) is 1. The van der Waals surface area contributed by atoms with Crippen molar-refractivity contribution in [1.29, 1.82) is 11.1 Å². The van der Waals surface area contributed by atoms with Gasteiger partial charge in [0.2, 0.25) is 0 Å². The third kappa shape index (κ3) is 15.5. The number of hydrazine groups is 1. The van der Waals surface area contributed by atoms with Gasteiger partial charge in [-0.05, 0) is 44.0 Å².